The first-order chi connectivity index (χ1) is 18.4. The number of amides is 1. The maximum atomic E-state index is 13.3. The average molecular weight is 551 g/mol. The number of carbonyl (C=O) groups excluding carboxylic acids is 1. The third kappa shape index (κ3) is 6.52. The number of alkyl halides is 6. The Hall–Kier alpha value is -3.62. The number of benzene rings is 2. The van der Waals surface area contributed by atoms with Gasteiger partial charge in [0.25, 0.3) is 0 Å². The van der Waals surface area contributed by atoms with Crippen LogP contribution in [0.1, 0.15) is 47.7 Å². The van der Waals surface area contributed by atoms with Crippen molar-refractivity contribution in [3.8, 4) is 0 Å². The van der Waals surface area contributed by atoms with Crippen LogP contribution in [0, 0.1) is 6.20 Å². The first-order valence-corrected chi connectivity index (χ1v) is 12.3. The summed E-state index contributed by atoms with van der Waals surface area (Å²) in [5, 5.41) is 6.09. The van der Waals surface area contributed by atoms with Gasteiger partial charge in [-0.1, -0.05) is 37.3 Å². The predicted molar refractivity (Wildman–Crippen MR) is 128 cm³/mol. The quantitative estimate of drug-likeness (QED) is 0.369. The lowest BCUT2D eigenvalue weighted by Crippen LogP contribution is -2.70. The molecule has 1 aromatic heterocycles. The zero-order chi connectivity index (χ0) is 28.3. The minimum atomic E-state index is -4.95. The lowest BCUT2D eigenvalue weighted by atomic mass is 9.71. The average Bonchev–Trinajstić information content (AvgIpc) is 2.88. The van der Waals surface area contributed by atoms with Gasteiger partial charge in [-0.15, -0.1) is 0 Å². The fourth-order valence-electron chi connectivity index (χ4n) is 4.78. The highest BCUT2D eigenvalue weighted by Crippen LogP contribution is 2.42. The number of hydrogen-bond acceptors (Lipinski definition) is 3. The second kappa shape index (κ2) is 11.2. The molecule has 2 aromatic carbocycles. The molecule has 1 amide bonds. The van der Waals surface area contributed by atoms with E-state index in [1.807, 2.05) is 18.2 Å². The van der Waals surface area contributed by atoms with E-state index in [-0.39, 0.29) is 24.1 Å². The van der Waals surface area contributed by atoms with Crippen molar-refractivity contribution in [3.63, 3.8) is 0 Å². The van der Waals surface area contributed by atoms with Gasteiger partial charge in [0.1, 0.15) is 6.54 Å². The molecule has 0 saturated carbocycles. The Labute approximate surface area is 221 Å². The second-order valence-electron chi connectivity index (χ2n) is 9.34. The smallest absolute Gasteiger partial charge is 0.371 e. The molecule has 1 aliphatic rings. The minimum absolute atomic E-state index is 0.0892. The third-order valence-corrected chi connectivity index (χ3v) is 6.69. The summed E-state index contributed by atoms with van der Waals surface area (Å²) in [6.07, 6.45) is -7.17. The van der Waals surface area contributed by atoms with Gasteiger partial charge >= 0.3 is 24.2 Å². The Morgan fingerprint density at radius 2 is 1.72 bits per heavy atom. The summed E-state index contributed by atoms with van der Waals surface area (Å²) in [5.74, 6) is -0.269. The normalized spacial score (nSPS) is 20.0. The maximum Gasteiger partial charge on any atom is 0.416 e. The molecule has 5 nitrogen and oxygen atoms in total. The van der Waals surface area contributed by atoms with Crippen molar-refractivity contribution in [2.24, 2.45) is 0 Å². The number of nitrogens with one attached hydrogen (secondary N) is 2. The zero-order valence-corrected chi connectivity index (χ0v) is 20.9. The highest BCUT2D eigenvalue weighted by Gasteiger charge is 2.53. The summed E-state index contributed by atoms with van der Waals surface area (Å²) in [6, 6.07) is 15.1. The molecule has 0 aliphatic carbocycles. The highest BCUT2D eigenvalue weighted by atomic mass is 19.4. The SMILES string of the molecule is CCC(OCc1cc(C(F)(F)F)cc(C(F)(F)F)c1)C1(c2ccccc2)CC(C(=O)NCc2cccc#[n+]2)N1. The van der Waals surface area contributed by atoms with Crippen LogP contribution in [0.15, 0.2) is 66.7 Å². The third-order valence-electron chi connectivity index (χ3n) is 6.69. The molecule has 1 fully saturated rings. The summed E-state index contributed by atoms with van der Waals surface area (Å²) in [5.41, 5.74) is -2.49. The number of rotatable bonds is 9. The first kappa shape index (κ1) is 28.4. The number of nitrogens with zero attached hydrogens (tertiary/aromatic N) is 1. The van der Waals surface area contributed by atoms with E-state index in [0.717, 1.165) is 5.56 Å². The van der Waals surface area contributed by atoms with Crippen LogP contribution in [-0.2, 0) is 40.6 Å². The van der Waals surface area contributed by atoms with E-state index in [9.17, 15) is 31.1 Å². The molecule has 206 valence electrons. The van der Waals surface area contributed by atoms with Crippen molar-refractivity contribution in [2.45, 2.75) is 63.0 Å². The van der Waals surface area contributed by atoms with E-state index >= 15 is 0 Å². The van der Waals surface area contributed by atoms with Crippen molar-refractivity contribution in [1.29, 1.82) is 0 Å². The fraction of sp³-hybridized carbons (Fsp3) is 0.357. The first-order valence-electron chi connectivity index (χ1n) is 12.3. The standard InChI is InChI=1S/C28H25F6N3O2/c1-2-24(39-17-18-12-20(27(29,30)31)14-21(13-18)28(32,33)34)26(19-8-4-3-5-9-19)15-23(37-26)25(38)36-16-22-10-6-7-11-35-22/h3-10,12-14,23-24,37H,2,15-17H2,1H3/p+1. The Morgan fingerprint density at radius 1 is 1.08 bits per heavy atom. The number of ether oxygens (including phenoxy) is 1. The molecular formula is C28H26F6N3O2+. The lowest BCUT2D eigenvalue weighted by molar-refractivity contribution is -0.308. The van der Waals surface area contributed by atoms with Gasteiger partial charge in [0.15, 0.2) is 0 Å². The molecule has 0 radical (unpaired) electrons. The molecular weight excluding hydrogens is 524 g/mol. The van der Waals surface area contributed by atoms with Gasteiger partial charge in [-0.3, -0.25) is 10.1 Å². The van der Waals surface area contributed by atoms with Crippen LogP contribution in [0.2, 0.25) is 0 Å². The van der Waals surface area contributed by atoms with Crippen LogP contribution in [0.25, 0.3) is 0 Å². The Morgan fingerprint density at radius 3 is 2.26 bits per heavy atom. The van der Waals surface area contributed by atoms with Gasteiger partial charge in [0, 0.05) is 6.07 Å². The van der Waals surface area contributed by atoms with Crippen LogP contribution in [0.4, 0.5) is 26.3 Å². The number of aromatic nitrogens is 1. The summed E-state index contributed by atoms with van der Waals surface area (Å²) in [7, 11) is 0. The topological polar surface area (TPSA) is 64.5 Å². The van der Waals surface area contributed by atoms with E-state index < -0.39 is 47.8 Å². The molecule has 2 N–H and O–H groups in total. The lowest BCUT2D eigenvalue weighted by Gasteiger charge is -2.52. The number of halogens is 6. The van der Waals surface area contributed by atoms with Crippen LogP contribution in [0.5, 0.6) is 0 Å². The molecule has 39 heavy (non-hydrogen) atoms. The monoisotopic (exact) mass is 550 g/mol. The molecule has 0 bridgehead atoms. The fourth-order valence-corrected chi connectivity index (χ4v) is 4.78. The van der Waals surface area contributed by atoms with E-state index in [1.165, 1.54) is 0 Å². The summed E-state index contributed by atoms with van der Waals surface area (Å²) < 4.78 is 85.8. The molecule has 3 unspecified atom stereocenters. The molecule has 1 saturated heterocycles. The van der Waals surface area contributed by atoms with Gasteiger partial charge in [-0.25, -0.2) is 0 Å². The number of hydrogen-bond donors (Lipinski definition) is 2. The second-order valence-corrected chi connectivity index (χ2v) is 9.34. The van der Waals surface area contributed by atoms with Crippen LogP contribution < -0.4 is 15.6 Å². The minimum Gasteiger partial charge on any atom is -0.371 e. The summed E-state index contributed by atoms with van der Waals surface area (Å²) in [4.78, 5) is 16.9. The van der Waals surface area contributed by atoms with E-state index in [0.29, 0.717) is 30.7 Å². The van der Waals surface area contributed by atoms with Crippen molar-refractivity contribution >= 4 is 5.91 Å². The maximum absolute atomic E-state index is 13.3. The van der Waals surface area contributed by atoms with Crippen molar-refractivity contribution in [2.75, 3.05) is 0 Å². The largest absolute Gasteiger partial charge is 0.416 e. The van der Waals surface area contributed by atoms with Gasteiger partial charge in [0.2, 0.25) is 5.91 Å². The van der Waals surface area contributed by atoms with E-state index in [2.05, 4.69) is 21.8 Å². The van der Waals surface area contributed by atoms with E-state index in [4.69, 9.17) is 4.74 Å². The molecule has 2 heterocycles. The van der Waals surface area contributed by atoms with Crippen LogP contribution >= 0.6 is 0 Å². The molecule has 3 aromatic rings. The van der Waals surface area contributed by atoms with Crippen LogP contribution in [0.3, 0.4) is 0 Å². The van der Waals surface area contributed by atoms with Gasteiger partial charge in [-0.05, 0) is 53.2 Å². The van der Waals surface area contributed by atoms with Crippen molar-refractivity contribution < 1.29 is 40.9 Å². The highest BCUT2D eigenvalue weighted by molar-refractivity contribution is 5.83. The molecule has 3 atom stereocenters. The van der Waals surface area contributed by atoms with Gasteiger partial charge in [-0.2, -0.15) is 26.3 Å². The Balaban J connectivity index is 1.52. The molecule has 4 rings (SSSR count). The van der Waals surface area contributed by atoms with Gasteiger partial charge < -0.3 is 10.1 Å². The summed E-state index contributed by atoms with van der Waals surface area (Å²) >= 11 is 0. The molecule has 11 heteroatoms. The Kier molecular flexibility index (Phi) is 8.18. The Bertz CT molecular complexity index is 1230. The zero-order valence-electron chi connectivity index (χ0n) is 20.9. The van der Waals surface area contributed by atoms with Crippen molar-refractivity contribution in [3.05, 3.63) is 101 Å². The number of carbonyl (C=O) groups is 1. The molecule has 0 spiro atoms. The van der Waals surface area contributed by atoms with Gasteiger partial charge in [0.05, 0.1) is 41.5 Å². The predicted octanol–water partition coefficient (Wildman–Crippen LogP) is 4.99. The summed E-state index contributed by atoms with van der Waals surface area (Å²) in [6.45, 7) is 1.53. The van der Waals surface area contributed by atoms with E-state index in [1.54, 1.807) is 37.3 Å². The van der Waals surface area contributed by atoms with Crippen LogP contribution in [-0.4, -0.2) is 18.1 Å². The van der Waals surface area contributed by atoms with Crippen molar-refractivity contribution in [1.82, 2.24) is 10.6 Å². The molecule has 1 aliphatic heterocycles.